The minimum atomic E-state index is -0.441. The number of rotatable bonds is 3. The van der Waals surface area contributed by atoms with Crippen LogP contribution in [0.1, 0.15) is 31.4 Å². The molecule has 0 spiro atoms. The predicted octanol–water partition coefficient (Wildman–Crippen LogP) is 5.51. The van der Waals surface area contributed by atoms with Crippen molar-refractivity contribution in [2.45, 2.75) is 31.8 Å². The number of fused-ring (bicyclic) bond motifs is 1. The monoisotopic (exact) mass is 492 g/mol. The topological polar surface area (TPSA) is 59.4 Å². The van der Waals surface area contributed by atoms with Gasteiger partial charge in [0.15, 0.2) is 0 Å². The Hall–Kier alpha value is -3.40. The second kappa shape index (κ2) is 9.46. The number of likely N-dealkylation sites (tertiary alicyclic amines) is 1. The molecule has 2 atom stereocenters. The van der Waals surface area contributed by atoms with Crippen molar-refractivity contribution < 1.29 is 9.53 Å². The van der Waals surface area contributed by atoms with Gasteiger partial charge in [0, 0.05) is 18.3 Å². The molecule has 3 aromatic rings. The van der Waals surface area contributed by atoms with Crippen LogP contribution in [0.15, 0.2) is 72.1 Å². The van der Waals surface area contributed by atoms with Crippen LogP contribution in [0, 0.1) is 12.0 Å². The van der Waals surface area contributed by atoms with Gasteiger partial charge in [0.25, 0.3) is 5.91 Å². The van der Waals surface area contributed by atoms with E-state index in [9.17, 15) is 4.79 Å². The SMILES string of the molecule is CC1=C(C(=O)N2CCCC2C#COc2ccccc2)C(c2ccc(Cl)c(Cl)c2)n2nccc2N1. The van der Waals surface area contributed by atoms with Crippen LogP contribution in [0.25, 0.3) is 0 Å². The standard InChI is InChI=1S/C26H22Cl2N4O2/c1-17-24(25(32-23(30-17)11-13-29-32)18-9-10-21(27)22(28)16-18)26(33)31-14-5-6-19(31)12-15-34-20-7-3-2-4-8-20/h2-4,7-11,13,16,19,25,30H,5-6,14H2,1H3. The molecule has 1 fully saturated rings. The summed E-state index contributed by atoms with van der Waals surface area (Å²) in [5, 5.41) is 8.69. The molecular formula is C26H22Cl2N4O2. The Morgan fingerprint density at radius 2 is 1.97 bits per heavy atom. The highest BCUT2D eigenvalue weighted by atomic mass is 35.5. The van der Waals surface area contributed by atoms with Gasteiger partial charge in [-0.3, -0.25) is 4.79 Å². The lowest BCUT2D eigenvalue weighted by Gasteiger charge is -2.33. The second-order valence-corrected chi connectivity index (χ2v) is 9.03. The molecule has 2 aliphatic heterocycles. The Kier molecular flexibility index (Phi) is 6.23. The number of carbonyl (C=O) groups is 1. The van der Waals surface area contributed by atoms with Gasteiger partial charge in [0.1, 0.15) is 23.7 Å². The molecule has 1 aromatic heterocycles. The maximum Gasteiger partial charge on any atom is 0.255 e. The summed E-state index contributed by atoms with van der Waals surface area (Å²) in [6.45, 7) is 2.53. The fraction of sp³-hybridized carbons (Fsp3) is 0.231. The Labute approximate surface area is 208 Å². The zero-order valence-corrected chi connectivity index (χ0v) is 20.0. The summed E-state index contributed by atoms with van der Waals surface area (Å²) in [6.07, 6.45) is 6.16. The lowest BCUT2D eigenvalue weighted by atomic mass is 9.94. The van der Waals surface area contributed by atoms with Gasteiger partial charge < -0.3 is 15.0 Å². The highest BCUT2D eigenvalue weighted by Gasteiger charge is 2.38. The number of carbonyl (C=O) groups excluding carboxylic acids is 1. The van der Waals surface area contributed by atoms with Gasteiger partial charge >= 0.3 is 0 Å². The number of ether oxygens (including phenoxy) is 1. The van der Waals surface area contributed by atoms with Crippen molar-refractivity contribution in [3.63, 3.8) is 0 Å². The van der Waals surface area contributed by atoms with Gasteiger partial charge in [-0.05, 0) is 55.5 Å². The molecule has 1 saturated heterocycles. The normalized spacial score (nSPS) is 19.2. The van der Waals surface area contributed by atoms with Gasteiger partial charge in [-0.2, -0.15) is 5.10 Å². The molecule has 172 valence electrons. The lowest BCUT2D eigenvalue weighted by Crippen LogP contribution is -2.40. The molecule has 0 saturated carbocycles. The van der Waals surface area contributed by atoms with E-state index >= 15 is 0 Å². The van der Waals surface area contributed by atoms with Crippen LogP contribution in [0.5, 0.6) is 5.75 Å². The molecule has 1 amide bonds. The largest absolute Gasteiger partial charge is 0.408 e. The molecule has 0 aliphatic carbocycles. The van der Waals surface area contributed by atoms with E-state index in [0.717, 1.165) is 29.9 Å². The first kappa shape index (κ1) is 22.4. The van der Waals surface area contributed by atoms with E-state index in [4.69, 9.17) is 27.9 Å². The number of nitrogens with zero attached hydrogens (tertiary/aromatic N) is 3. The fourth-order valence-electron chi connectivity index (χ4n) is 4.43. The number of hydrogen-bond donors (Lipinski definition) is 1. The fourth-order valence-corrected chi connectivity index (χ4v) is 4.74. The maximum atomic E-state index is 13.9. The maximum absolute atomic E-state index is 13.9. The van der Waals surface area contributed by atoms with Crippen LogP contribution in [0.2, 0.25) is 10.0 Å². The molecular weight excluding hydrogens is 471 g/mol. The summed E-state index contributed by atoms with van der Waals surface area (Å²) >= 11 is 12.5. The van der Waals surface area contributed by atoms with Crippen LogP contribution in [0.4, 0.5) is 5.82 Å². The minimum Gasteiger partial charge on any atom is -0.408 e. The van der Waals surface area contributed by atoms with E-state index in [0.29, 0.717) is 27.9 Å². The van der Waals surface area contributed by atoms with Crippen molar-refractivity contribution >= 4 is 34.9 Å². The zero-order valence-electron chi connectivity index (χ0n) is 18.5. The van der Waals surface area contributed by atoms with E-state index < -0.39 is 6.04 Å². The predicted molar refractivity (Wildman–Crippen MR) is 133 cm³/mol. The molecule has 6 nitrogen and oxygen atoms in total. The Morgan fingerprint density at radius 1 is 1.15 bits per heavy atom. The van der Waals surface area contributed by atoms with Crippen molar-refractivity contribution in [3.8, 4) is 17.8 Å². The Morgan fingerprint density at radius 3 is 2.76 bits per heavy atom. The summed E-state index contributed by atoms with van der Waals surface area (Å²) in [6, 6.07) is 16.0. The van der Waals surface area contributed by atoms with Crippen molar-refractivity contribution in [2.75, 3.05) is 11.9 Å². The van der Waals surface area contributed by atoms with Crippen LogP contribution in [-0.4, -0.2) is 33.2 Å². The third kappa shape index (κ3) is 4.25. The molecule has 34 heavy (non-hydrogen) atoms. The van der Waals surface area contributed by atoms with Crippen molar-refractivity contribution in [1.29, 1.82) is 0 Å². The van der Waals surface area contributed by atoms with Crippen molar-refractivity contribution in [3.05, 3.63) is 87.7 Å². The number of para-hydroxylation sites is 1. The molecule has 0 radical (unpaired) electrons. The molecule has 0 bridgehead atoms. The Bertz CT molecular complexity index is 1320. The van der Waals surface area contributed by atoms with Gasteiger partial charge in [-0.15, -0.1) is 0 Å². The first-order valence-corrected chi connectivity index (χ1v) is 11.8. The van der Waals surface area contributed by atoms with Gasteiger partial charge in [0.05, 0.1) is 27.9 Å². The van der Waals surface area contributed by atoms with Gasteiger partial charge in [-0.1, -0.05) is 47.5 Å². The van der Waals surface area contributed by atoms with E-state index in [1.807, 2.05) is 54.3 Å². The van der Waals surface area contributed by atoms with E-state index in [2.05, 4.69) is 22.4 Å². The summed E-state index contributed by atoms with van der Waals surface area (Å²) in [4.78, 5) is 15.8. The van der Waals surface area contributed by atoms with E-state index in [1.54, 1.807) is 23.0 Å². The third-order valence-electron chi connectivity index (χ3n) is 6.05. The molecule has 2 aromatic carbocycles. The van der Waals surface area contributed by atoms with Crippen LogP contribution in [-0.2, 0) is 4.79 Å². The molecule has 2 unspecified atom stereocenters. The first-order chi connectivity index (χ1) is 16.5. The minimum absolute atomic E-state index is 0.0845. The smallest absolute Gasteiger partial charge is 0.255 e. The first-order valence-electron chi connectivity index (χ1n) is 11.0. The van der Waals surface area contributed by atoms with Crippen molar-refractivity contribution in [1.82, 2.24) is 14.7 Å². The molecule has 5 rings (SSSR count). The van der Waals surface area contributed by atoms with Crippen LogP contribution < -0.4 is 10.1 Å². The summed E-state index contributed by atoms with van der Waals surface area (Å²) in [5.41, 5.74) is 2.21. The molecule has 2 aliphatic rings. The highest BCUT2D eigenvalue weighted by Crippen LogP contribution is 2.39. The van der Waals surface area contributed by atoms with Crippen LogP contribution in [0.3, 0.4) is 0 Å². The average Bonchev–Trinajstić information content (AvgIpc) is 3.50. The van der Waals surface area contributed by atoms with E-state index in [1.165, 1.54) is 0 Å². The zero-order chi connectivity index (χ0) is 23.7. The number of amides is 1. The number of anilines is 1. The third-order valence-corrected chi connectivity index (χ3v) is 6.79. The van der Waals surface area contributed by atoms with Crippen molar-refractivity contribution in [2.24, 2.45) is 0 Å². The molecule has 3 heterocycles. The summed E-state index contributed by atoms with van der Waals surface area (Å²) in [7, 11) is 0. The summed E-state index contributed by atoms with van der Waals surface area (Å²) in [5.74, 6) is 4.52. The Balaban J connectivity index is 1.46. The second-order valence-electron chi connectivity index (χ2n) is 8.22. The lowest BCUT2D eigenvalue weighted by molar-refractivity contribution is -0.127. The number of halogens is 2. The summed E-state index contributed by atoms with van der Waals surface area (Å²) < 4.78 is 7.35. The van der Waals surface area contributed by atoms with Gasteiger partial charge in [-0.25, -0.2) is 4.68 Å². The number of hydrogen-bond acceptors (Lipinski definition) is 4. The quantitative estimate of drug-likeness (QED) is 0.489. The number of benzene rings is 2. The molecule has 8 heteroatoms. The van der Waals surface area contributed by atoms with E-state index in [-0.39, 0.29) is 11.9 Å². The number of aromatic nitrogens is 2. The molecule has 1 N–H and O–H groups in total. The highest BCUT2D eigenvalue weighted by molar-refractivity contribution is 6.42. The average molecular weight is 493 g/mol. The van der Waals surface area contributed by atoms with Gasteiger partial charge in [0.2, 0.25) is 0 Å². The number of allylic oxidation sites excluding steroid dienone is 1. The number of nitrogens with one attached hydrogen (secondary N) is 1. The van der Waals surface area contributed by atoms with Crippen LogP contribution >= 0.6 is 23.2 Å².